The highest BCUT2D eigenvalue weighted by atomic mass is 32.1. The van der Waals surface area contributed by atoms with Gasteiger partial charge in [-0.1, -0.05) is 12.1 Å². The molecule has 1 atom stereocenters. The lowest BCUT2D eigenvalue weighted by Gasteiger charge is -2.12. The first kappa shape index (κ1) is 20.7. The second-order valence-electron chi connectivity index (χ2n) is 6.78. The van der Waals surface area contributed by atoms with Crippen LogP contribution in [0.5, 0.6) is 5.75 Å². The van der Waals surface area contributed by atoms with Crippen LogP contribution in [0.15, 0.2) is 53.3 Å². The average Bonchev–Trinajstić information content (AvgIpc) is 3.14. The molecule has 158 valence electrons. The summed E-state index contributed by atoms with van der Waals surface area (Å²) < 4.78 is 24.1. The van der Waals surface area contributed by atoms with Gasteiger partial charge in [0, 0.05) is 0 Å². The van der Waals surface area contributed by atoms with E-state index >= 15 is 0 Å². The Kier molecular flexibility index (Phi) is 5.77. The van der Waals surface area contributed by atoms with E-state index in [1.54, 1.807) is 38.1 Å². The lowest BCUT2D eigenvalue weighted by molar-refractivity contribution is 0.0325. The van der Waals surface area contributed by atoms with E-state index in [1.165, 1.54) is 24.3 Å². The highest BCUT2D eigenvalue weighted by Gasteiger charge is 2.21. The molecule has 0 unspecified atom stereocenters. The number of thiazole rings is 1. The van der Waals surface area contributed by atoms with Gasteiger partial charge in [0.1, 0.15) is 28.1 Å². The van der Waals surface area contributed by atoms with Gasteiger partial charge in [0.05, 0.1) is 16.6 Å². The smallest absolute Gasteiger partial charge is 0.350 e. The Hall–Kier alpha value is -3.59. The highest BCUT2D eigenvalue weighted by molar-refractivity contribution is 7.13. The topological polar surface area (TPSA) is 94.2 Å². The van der Waals surface area contributed by atoms with Gasteiger partial charge < -0.3 is 14.5 Å². The number of aromatic nitrogens is 3. The van der Waals surface area contributed by atoms with Crippen LogP contribution in [-0.2, 0) is 11.3 Å². The summed E-state index contributed by atoms with van der Waals surface area (Å²) in [6.45, 7) is 3.48. The standard InChI is InChI=1S/C22H18FN3O4S/c1-12-19(31-18(24-12)11-29-15-9-7-14(23)8-10-15)22(28)30-13(2)20-25-17-6-4-3-5-16(17)21(27)26-20/h3-10,13H,11H2,1-2H3,(H,25,26,27)/t13-/m1/s1. The third kappa shape index (κ3) is 4.61. The number of halogens is 1. The molecule has 0 aliphatic carbocycles. The molecule has 0 bridgehead atoms. The van der Waals surface area contributed by atoms with Crippen molar-refractivity contribution in [3.05, 3.63) is 86.1 Å². The van der Waals surface area contributed by atoms with E-state index in [0.29, 0.717) is 32.2 Å². The van der Waals surface area contributed by atoms with E-state index in [-0.39, 0.29) is 23.8 Å². The van der Waals surface area contributed by atoms with E-state index < -0.39 is 12.1 Å². The number of aromatic amines is 1. The van der Waals surface area contributed by atoms with Crippen molar-refractivity contribution in [2.45, 2.75) is 26.6 Å². The zero-order chi connectivity index (χ0) is 22.0. The molecule has 1 N–H and O–H groups in total. The predicted molar refractivity (Wildman–Crippen MR) is 114 cm³/mol. The molecule has 0 amide bonds. The van der Waals surface area contributed by atoms with Crippen molar-refractivity contribution in [3.63, 3.8) is 0 Å². The first-order chi connectivity index (χ1) is 14.9. The molecular formula is C22H18FN3O4S. The van der Waals surface area contributed by atoms with Crippen molar-refractivity contribution in [2.75, 3.05) is 0 Å². The van der Waals surface area contributed by atoms with Crippen molar-refractivity contribution in [2.24, 2.45) is 0 Å². The normalized spacial score (nSPS) is 12.0. The number of benzene rings is 2. The number of para-hydroxylation sites is 1. The fourth-order valence-corrected chi connectivity index (χ4v) is 3.81. The zero-order valence-corrected chi connectivity index (χ0v) is 17.5. The van der Waals surface area contributed by atoms with E-state index in [9.17, 15) is 14.0 Å². The lowest BCUT2D eigenvalue weighted by Crippen LogP contribution is -2.17. The second-order valence-corrected chi connectivity index (χ2v) is 7.86. The molecule has 0 saturated carbocycles. The lowest BCUT2D eigenvalue weighted by atomic mass is 10.2. The SMILES string of the molecule is Cc1nc(COc2ccc(F)cc2)sc1C(=O)O[C@H](C)c1nc2ccccc2c(=O)[nH]1. The van der Waals surface area contributed by atoms with Crippen LogP contribution >= 0.6 is 11.3 Å². The summed E-state index contributed by atoms with van der Waals surface area (Å²) in [6, 6.07) is 12.6. The molecule has 0 fully saturated rings. The molecule has 31 heavy (non-hydrogen) atoms. The van der Waals surface area contributed by atoms with E-state index in [4.69, 9.17) is 9.47 Å². The third-order valence-corrected chi connectivity index (χ3v) is 5.61. The van der Waals surface area contributed by atoms with Gasteiger partial charge in [0.15, 0.2) is 11.9 Å². The monoisotopic (exact) mass is 439 g/mol. The Balaban J connectivity index is 1.46. The number of fused-ring (bicyclic) bond motifs is 1. The maximum atomic E-state index is 13.0. The van der Waals surface area contributed by atoms with Gasteiger partial charge in [0.2, 0.25) is 0 Å². The minimum absolute atomic E-state index is 0.138. The molecule has 7 nitrogen and oxygen atoms in total. The molecule has 2 aromatic carbocycles. The van der Waals surface area contributed by atoms with E-state index in [0.717, 1.165) is 11.3 Å². The summed E-state index contributed by atoms with van der Waals surface area (Å²) in [5.74, 6) is -0.150. The number of ether oxygens (including phenoxy) is 2. The van der Waals surface area contributed by atoms with Gasteiger partial charge in [-0.25, -0.2) is 19.2 Å². The number of aryl methyl sites for hydroxylation is 1. The maximum Gasteiger partial charge on any atom is 0.350 e. The molecule has 0 aliphatic rings. The van der Waals surface area contributed by atoms with Crippen LogP contribution in [0.4, 0.5) is 4.39 Å². The number of nitrogens with one attached hydrogen (secondary N) is 1. The molecular weight excluding hydrogens is 421 g/mol. The quantitative estimate of drug-likeness (QED) is 0.450. The number of H-pyrrole nitrogens is 1. The number of carbonyl (C=O) groups excluding carboxylic acids is 1. The summed E-state index contributed by atoms with van der Waals surface area (Å²) in [4.78, 5) is 36.7. The first-order valence-electron chi connectivity index (χ1n) is 9.45. The van der Waals surface area contributed by atoms with Crippen LogP contribution in [0.2, 0.25) is 0 Å². The van der Waals surface area contributed by atoms with E-state index in [1.807, 2.05) is 0 Å². The number of hydrogen-bond acceptors (Lipinski definition) is 7. The van der Waals surface area contributed by atoms with Gasteiger partial charge in [0.25, 0.3) is 5.56 Å². The fraction of sp³-hybridized carbons (Fsp3) is 0.182. The van der Waals surface area contributed by atoms with Crippen molar-refractivity contribution in [1.29, 1.82) is 0 Å². The molecule has 4 aromatic rings. The Bertz CT molecular complexity index is 1300. The Labute approximate surface area is 180 Å². The van der Waals surface area contributed by atoms with E-state index in [2.05, 4.69) is 15.0 Å². The summed E-state index contributed by atoms with van der Waals surface area (Å²) in [7, 11) is 0. The summed E-state index contributed by atoms with van der Waals surface area (Å²) >= 11 is 1.16. The fourth-order valence-electron chi connectivity index (χ4n) is 2.95. The number of esters is 1. The van der Waals surface area contributed by atoms with Crippen molar-refractivity contribution in [1.82, 2.24) is 15.0 Å². The number of nitrogens with zero attached hydrogens (tertiary/aromatic N) is 2. The molecule has 0 radical (unpaired) electrons. The van der Waals surface area contributed by atoms with Crippen molar-refractivity contribution >= 4 is 28.2 Å². The summed E-state index contributed by atoms with van der Waals surface area (Å²) in [6.07, 6.45) is -0.759. The van der Waals surface area contributed by atoms with Gasteiger partial charge >= 0.3 is 5.97 Å². The van der Waals surface area contributed by atoms with Crippen LogP contribution in [0, 0.1) is 12.7 Å². The van der Waals surface area contributed by atoms with Crippen LogP contribution in [0.1, 0.15) is 39.2 Å². The number of hydrogen-bond donors (Lipinski definition) is 1. The van der Waals surface area contributed by atoms with Gasteiger partial charge in [-0.15, -0.1) is 11.3 Å². The first-order valence-corrected chi connectivity index (χ1v) is 10.3. The molecule has 4 rings (SSSR count). The maximum absolute atomic E-state index is 13.0. The van der Waals surface area contributed by atoms with Crippen molar-refractivity contribution < 1.29 is 18.7 Å². The van der Waals surface area contributed by atoms with Gasteiger partial charge in [-0.05, 0) is 50.2 Å². The Morgan fingerprint density at radius 1 is 1.16 bits per heavy atom. The molecule has 2 aromatic heterocycles. The second kappa shape index (κ2) is 8.65. The highest BCUT2D eigenvalue weighted by Crippen LogP contribution is 2.24. The van der Waals surface area contributed by atoms with Crippen molar-refractivity contribution in [3.8, 4) is 5.75 Å². The Morgan fingerprint density at radius 2 is 1.90 bits per heavy atom. The van der Waals surface area contributed by atoms with Crippen LogP contribution < -0.4 is 10.3 Å². The van der Waals surface area contributed by atoms with Gasteiger partial charge in [-0.3, -0.25) is 4.79 Å². The van der Waals surface area contributed by atoms with Crippen LogP contribution in [-0.4, -0.2) is 20.9 Å². The van der Waals surface area contributed by atoms with Crippen LogP contribution in [0.3, 0.4) is 0 Å². The average molecular weight is 439 g/mol. The molecule has 0 spiro atoms. The minimum atomic E-state index is -0.759. The van der Waals surface area contributed by atoms with Gasteiger partial charge in [-0.2, -0.15) is 0 Å². The largest absolute Gasteiger partial charge is 0.486 e. The Morgan fingerprint density at radius 3 is 2.68 bits per heavy atom. The molecule has 9 heteroatoms. The molecule has 0 saturated heterocycles. The predicted octanol–water partition coefficient (Wildman–Crippen LogP) is 4.32. The number of carbonyl (C=O) groups is 1. The zero-order valence-electron chi connectivity index (χ0n) is 16.7. The summed E-state index contributed by atoms with van der Waals surface area (Å²) in [5.41, 5.74) is 0.746. The summed E-state index contributed by atoms with van der Waals surface area (Å²) in [5, 5.41) is 1.05. The molecule has 0 aliphatic heterocycles. The molecule has 2 heterocycles. The number of rotatable bonds is 6. The minimum Gasteiger partial charge on any atom is -0.486 e. The third-order valence-electron chi connectivity index (χ3n) is 4.50. The van der Waals surface area contributed by atoms with Crippen LogP contribution in [0.25, 0.3) is 10.9 Å².